The molecule has 1 aliphatic carbocycles. The van der Waals surface area contributed by atoms with Crippen molar-refractivity contribution in [3.8, 4) is 0 Å². The van der Waals surface area contributed by atoms with Crippen molar-refractivity contribution < 1.29 is 14.7 Å². The fourth-order valence-electron chi connectivity index (χ4n) is 3.99. The maximum atomic E-state index is 12.4. The van der Waals surface area contributed by atoms with Crippen LogP contribution in [0.4, 0.5) is 5.69 Å². The molecule has 136 valence electrons. The van der Waals surface area contributed by atoms with Gasteiger partial charge in [-0.25, -0.2) is 0 Å². The summed E-state index contributed by atoms with van der Waals surface area (Å²) >= 11 is 0. The van der Waals surface area contributed by atoms with Gasteiger partial charge in [-0.1, -0.05) is 57.1 Å². The summed E-state index contributed by atoms with van der Waals surface area (Å²) < 4.78 is 0. The molecule has 6 heteroatoms. The van der Waals surface area contributed by atoms with Crippen LogP contribution in [-0.2, 0) is 4.84 Å². The van der Waals surface area contributed by atoms with E-state index in [1.165, 1.54) is 44.2 Å². The van der Waals surface area contributed by atoms with Crippen molar-refractivity contribution in [3.05, 3.63) is 45.2 Å². The molecule has 1 aromatic rings. The van der Waals surface area contributed by atoms with E-state index in [0.29, 0.717) is 4.90 Å². The number of hydrogen-bond donors (Lipinski definition) is 0. The van der Waals surface area contributed by atoms with Crippen molar-refractivity contribution in [1.82, 2.24) is 0 Å². The average Bonchev–Trinajstić information content (AvgIpc) is 2.90. The molecule has 1 saturated carbocycles. The Kier molecular flexibility index (Phi) is 5.89. The molecule has 0 aromatic heterocycles. The minimum absolute atomic E-state index is 0.0268. The summed E-state index contributed by atoms with van der Waals surface area (Å²) in [5, 5.41) is 23.4. The first-order chi connectivity index (χ1) is 12.2. The quantitative estimate of drug-likeness (QED) is 0.426. The Labute approximate surface area is 148 Å². The molecule has 1 aromatic carbocycles. The Morgan fingerprint density at radius 2 is 1.72 bits per heavy atom. The van der Waals surface area contributed by atoms with Gasteiger partial charge in [-0.3, -0.25) is 15.3 Å². The summed E-state index contributed by atoms with van der Waals surface area (Å²) in [5.74, 6) is 0.0268. The Morgan fingerprint density at radius 3 is 2.44 bits per heavy atom. The van der Waals surface area contributed by atoms with E-state index in [1.54, 1.807) is 6.07 Å². The van der Waals surface area contributed by atoms with Crippen LogP contribution in [0.1, 0.15) is 75.9 Å². The van der Waals surface area contributed by atoms with Crippen LogP contribution in [0.3, 0.4) is 0 Å². The molecular formula is C19H26N2O4. The predicted molar refractivity (Wildman–Crippen MR) is 95.2 cm³/mol. The maximum Gasteiger partial charge on any atom is 0.269 e. The zero-order chi connectivity index (χ0) is 17.6. The van der Waals surface area contributed by atoms with Gasteiger partial charge in [0.25, 0.3) is 5.69 Å². The summed E-state index contributed by atoms with van der Waals surface area (Å²) in [6.07, 6.45) is 10.7. The van der Waals surface area contributed by atoms with Crippen molar-refractivity contribution >= 4 is 11.4 Å². The molecule has 1 aliphatic heterocycles. The Morgan fingerprint density at radius 1 is 1.04 bits per heavy atom. The van der Waals surface area contributed by atoms with Crippen LogP contribution in [0.5, 0.6) is 0 Å². The molecule has 0 N–H and O–H groups in total. The second-order valence-corrected chi connectivity index (χ2v) is 7.10. The molecule has 2 atom stereocenters. The molecule has 0 radical (unpaired) electrons. The van der Waals surface area contributed by atoms with Crippen molar-refractivity contribution in [2.75, 3.05) is 0 Å². The first-order valence-electron chi connectivity index (χ1n) is 9.41. The summed E-state index contributed by atoms with van der Waals surface area (Å²) in [4.78, 5) is 17.0. The van der Waals surface area contributed by atoms with Gasteiger partial charge < -0.3 is 4.84 Å². The Balaban J connectivity index is 1.81. The van der Waals surface area contributed by atoms with Crippen LogP contribution in [0.2, 0.25) is 0 Å². The van der Waals surface area contributed by atoms with Gasteiger partial charge in [0.2, 0.25) is 5.71 Å². The number of nitrogens with zero attached hydrogens (tertiary/aromatic N) is 2. The smallest absolute Gasteiger partial charge is 0.269 e. The van der Waals surface area contributed by atoms with Gasteiger partial charge in [0.05, 0.1) is 10.8 Å². The highest BCUT2D eigenvalue weighted by Crippen LogP contribution is 2.38. The van der Waals surface area contributed by atoms with Crippen LogP contribution >= 0.6 is 0 Å². The molecule has 0 unspecified atom stereocenters. The number of rotatable bonds is 2. The van der Waals surface area contributed by atoms with Crippen molar-refractivity contribution in [2.45, 2.75) is 70.3 Å². The van der Waals surface area contributed by atoms with Gasteiger partial charge in [-0.2, -0.15) is 0 Å². The van der Waals surface area contributed by atoms with Gasteiger partial charge in [0.1, 0.15) is 6.10 Å². The van der Waals surface area contributed by atoms with Crippen molar-refractivity contribution in [1.29, 1.82) is 0 Å². The largest absolute Gasteiger partial charge is 0.394 e. The van der Waals surface area contributed by atoms with Crippen LogP contribution in [0.15, 0.2) is 24.3 Å². The number of hydrogen-bond acceptors (Lipinski definition) is 4. The molecule has 25 heavy (non-hydrogen) atoms. The third-order valence-corrected chi connectivity index (χ3v) is 5.34. The van der Waals surface area contributed by atoms with E-state index < -0.39 is 11.0 Å². The summed E-state index contributed by atoms with van der Waals surface area (Å²) in [7, 11) is 0. The highest BCUT2D eigenvalue weighted by Gasteiger charge is 2.40. The lowest BCUT2D eigenvalue weighted by atomic mass is 9.85. The lowest BCUT2D eigenvalue weighted by Crippen LogP contribution is -2.19. The minimum Gasteiger partial charge on any atom is -0.394 e. The fraction of sp³-hybridized carbons (Fsp3) is 0.632. The number of nitro groups is 1. The normalized spacial score (nSPS) is 25.4. The van der Waals surface area contributed by atoms with Crippen LogP contribution < -0.4 is 0 Å². The van der Waals surface area contributed by atoms with E-state index in [0.717, 1.165) is 43.4 Å². The number of fused-ring (bicyclic) bond motifs is 1. The third-order valence-electron chi connectivity index (χ3n) is 5.34. The third kappa shape index (κ3) is 4.30. The Hall–Kier alpha value is -2.11. The monoisotopic (exact) mass is 346 g/mol. The van der Waals surface area contributed by atoms with Crippen molar-refractivity contribution in [2.24, 2.45) is 5.92 Å². The summed E-state index contributed by atoms with van der Waals surface area (Å²) in [5.41, 5.74) is 1.58. The van der Waals surface area contributed by atoms with Gasteiger partial charge >= 0.3 is 0 Å². The topological polar surface area (TPSA) is 78.4 Å². The summed E-state index contributed by atoms with van der Waals surface area (Å²) in [6.45, 7) is 0. The van der Waals surface area contributed by atoms with Gasteiger partial charge in [-0.05, 0) is 18.4 Å². The molecule has 0 amide bonds. The number of non-ortho nitro benzene ring substituents is 1. The van der Waals surface area contributed by atoms with E-state index in [1.807, 2.05) is 6.07 Å². The standard InChI is InChI=1S/C19H26N2O4/c22-20(23)16-11-9-10-15(14-16)19-17-12-7-5-3-1-2-4-6-8-13-18(17)21(24)25-19/h9-11,14,17,19H,1-8,12-13H2/t17-,19+/m1/s1. The second-order valence-electron chi connectivity index (χ2n) is 7.10. The van der Waals surface area contributed by atoms with E-state index >= 15 is 0 Å². The number of nitro benzene ring substituents is 1. The summed E-state index contributed by atoms with van der Waals surface area (Å²) in [6, 6.07) is 6.50. The average molecular weight is 346 g/mol. The first-order valence-corrected chi connectivity index (χ1v) is 9.41. The lowest BCUT2D eigenvalue weighted by molar-refractivity contribution is -0.743. The van der Waals surface area contributed by atoms with Gasteiger partial charge in [0, 0.05) is 23.5 Å². The molecule has 0 spiro atoms. The molecule has 2 aliphatic rings. The highest BCUT2D eigenvalue weighted by atomic mass is 16.9. The lowest BCUT2D eigenvalue weighted by Gasteiger charge is -2.20. The highest BCUT2D eigenvalue weighted by molar-refractivity contribution is 5.83. The SMILES string of the molecule is O=[N+]([O-])c1cccc([C@@H]2O[N+]([O-])=C3CCCCCCCCCC[C@H]32)c1. The maximum absolute atomic E-state index is 12.4. The molecule has 3 rings (SSSR count). The number of benzene rings is 1. The molecule has 6 nitrogen and oxygen atoms in total. The van der Waals surface area contributed by atoms with Gasteiger partial charge in [-0.15, -0.1) is 0 Å². The second kappa shape index (κ2) is 8.32. The van der Waals surface area contributed by atoms with Crippen molar-refractivity contribution in [3.63, 3.8) is 0 Å². The first kappa shape index (κ1) is 17.7. The molecule has 0 saturated heterocycles. The van der Waals surface area contributed by atoms with Crippen LogP contribution in [0, 0.1) is 21.2 Å². The van der Waals surface area contributed by atoms with Gasteiger partial charge in [0.15, 0.2) is 0 Å². The molecular weight excluding hydrogens is 320 g/mol. The molecule has 1 heterocycles. The molecule has 1 fully saturated rings. The van der Waals surface area contributed by atoms with E-state index in [2.05, 4.69) is 0 Å². The fourth-order valence-corrected chi connectivity index (χ4v) is 3.99. The van der Waals surface area contributed by atoms with Crippen LogP contribution in [0.25, 0.3) is 0 Å². The van der Waals surface area contributed by atoms with E-state index in [9.17, 15) is 15.3 Å². The van der Waals surface area contributed by atoms with E-state index in [-0.39, 0.29) is 11.6 Å². The van der Waals surface area contributed by atoms with Crippen LogP contribution in [-0.4, -0.2) is 15.5 Å². The molecule has 0 bridgehead atoms. The zero-order valence-corrected chi connectivity index (χ0v) is 14.6. The predicted octanol–water partition coefficient (Wildman–Crippen LogP) is 5.06. The Bertz CT molecular complexity index is 644. The minimum atomic E-state index is -0.407. The van der Waals surface area contributed by atoms with E-state index in [4.69, 9.17) is 4.84 Å². The zero-order valence-electron chi connectivity index (χ0n) is 14.6.